The molecule has 0 aromatic heterocycles. The van der Waals surface area contributed by atoms with Crippen LogP contribution in [0.2, 0.25) is 0 Å². The van der Waals surface area contributed by atoms with Crippen molar-refractivity contribution < 1.29 is 14.5 Å². The molecule has 1 aromatic carbocycles. The molecule has 0 saturated carbocycles. The largest absolute Gasteiger partial charge is 0.339 e. The maximum atomic E-state index is 11.8. The normalized spacial score (nSPS) is 15.0. The summed E-state index contributed by atoms with van der Waals surface area (Å²) in [4.78, 5) is 34.7. The molecule has 9 heteroatoms. The Morgan fingerprint density at radius 3 is 2.73 bits per heavy atom. The van der Waals surface area contributed by atoms with Gasteiger partial charge in [-0.2, -0.15) is 10.1 Å². The molecule has 0 N–H and O–H groups in total. The fourth-order valence-corrected chi connectivity index (χ4v) is 2.02. The highest BCUT2D eigenvalue weighted by Gasteiger charge is 2.41. The summed E-state index contributed by atoms with van der Waals surface area (Å²) in [7, 11) is 0. The number of benzene rings is 1. The van der Waals surface area contributed by atoms with Gasteiger partial charge in [0.05, 0.1) is 11.1 Å². The number of amides is 2. The van der Waals surface area contributed by atoms with Crippen LogP contribution in [0.1, 0.15) is 5.56 Å². The van der Waals surface area contributed by atoms with E-state index in [9.17, 15) is 19.7 Å². The summed E-state index contributed by atoms with van der Waals surface area (Å²) in [5.41, 5.74) is 0.294. The Bertz CT molecular complexity index is 716. The maximum Gasteiger partial charge on any atom is 0.339 e. The minimum Gasteiger partial charge on any atom is -0.275 e. The average molecular weight is 318 g/mol. The van der Waals surface area contributed by atoms with Crippen molar-refractivity contribution in [1.82, 2.24) is 9.91 Å². The van der Waals surface area contributed by atoms with Crippen molar-refractivity contribution in [3.63, 3.8) is 0 Å². The fourth-order valence-electron chi connectivity index (χ4n) is 1.73. The van der Waals surface area contributed by atoms with Crippen molar-refractivity contribution in [3.05, 3.63) is 52.6 Å². The van der Waals surface area contributed by atoms with Crippen LogP contribution in [0.25, 0.3) is 0 Å². The SMILES string of the molecule is C=CCN1C(=O)C(=O)N(/N=C/c2cccc([N+](=O)[O-])c2)C1=S. The van der Waals surface area contributed by atoms with Crippen molar-refractivity contribution in [2.45, 2.75) is 0 Å². The summed E-state index contributed by atoms with van der Waals surface area (Å²) in [6.45, 7) is 3.58. The van der Waals surface area contributed by atoms with Crippen LogP contribution in [-0.2, 0) is 9.59 Å². The highest BCUT2D eigenvalue weighted by Crippen LogP contribution is 2.14. The Kier molecular flexibility index (Phi) is 4.37. The lowest BCUT2D eigenvalue weighted by molar-refractivity contribution is -0.384. The second kappa shape index (κ2) is 6.22. The first-order chi connectivity index (χ1) is 10.5. The molecule has 1 aromatic rings. The number of hydrogen-bond donors (Lipinski definition) is 0. The van der Waals surface area contributed by atoms with Gasteiger partial charge in [-0.1, -0.05) is 18.2 Å². The monoisotopic (exact) mass is 318 g/mol. The number of hydrogen-bond acceptors (Lipinski definition) is 6. The van der Waals surface area contributed by atoms with Crippen molar-refractivity contribution in [2.24, 2.45) is 5.10 Å². The molecule has 1 fully saturated rings. The zero-order chi connectivity index (χ0) is 16.3. The lowest BCUT2D eigenvalue weighted by Crippen LogP contribution is -2.31. The van der Waals surface area contributed by atoms with Crippen LogP contribution < -0.4 is 0 Å². The molecule has 1 heterocycles. The molecule has 0 bridgehead atoms. The molecule has 22 heavy (non-hydrogen) atoms. The summed E-state index contributed by atoms with van der Waals surface area (Å²) >= 11 is 5.00. The molecule has 0 spiro atoms. The third-order valence-electron chi connectivity index (χ3n) is 2.75. The lowest BCUT2D eigenvalue weighted by Gasteiger charge is -2.12. The highest BCUT2D eigenvalue weighted by atomic mass is 32.1. The van der Waals surface area contributed by atoms with Gasteiger partial charge in [-0.25, -0.2) is 0 Å². The van der Waals surface area contributed by atoms with Gasteiger partial charge in [-0.15, -0.1) is 6.58 Å². The van der Waals surface area contributed by atoms with Crippen LogP contribution in [0.4, 0.5) is 5.69 Å². The Labute approximate surface area is 130 Å². The summed E-state index contributed by atoms with van der Waals surface area (Å²) < 4.78 is 0. The maximum absolute atomic E-state index is 11.8. The Balaban J connectivity index is 2.23. The number of hydrazone groups is 1. The van der Waals surface area contributed by atoms with E-state index in [4.69, 9.17) is 12.2 Å². The number of nitro benzene ring substituents is 1. The average Bonchev–Trinajstić information content (AvgIpc) is 2.70. The smallest absolute Gasteiger partial charge is 0.275 e. The number of nitrogens with zero attached hydrogens (tertiary/aromatic N) is 4. The van der Waals surface area contributed by atoms with E-state index in [-0.39, 0.29) is 17.3 Å². The standard InChI is InChI=1S/C13H10N4O4S/c1-2-6-15-11(18)12(19)16(13(15)22)14-8-9-4-3-5-10(7-9)17(20)21/h2-5,7-8H,1,6H2/b14-8+. The Morgan fingerprint density at radius 2 is 2.09 bits per heavy atom. The zero-order valence-corrected chi connectivity index (χ0v) is 12.0. The number of rotatable bonds is 5. The highest BCUT2D eigenvalue weighted by molar-refractivity contribution is 7.80. The second-order valence-electron chi connectivity index (χ2n) is 4.20. The minimum atomic E-state index is -0.881. The van der Waals surface area contributed by atoms with E-state index < -0.39 is 16.7 Å². The van der Waals surface area contributed by atoms with Gasteiger partial charge in [0, 0.05) is 24.2 Å². The predicted octanol–water partition coefficient (Wildman–Crippen LogP) is 1.07. The third-order valence-corrected chi connectivity index (χ3v) is 3.14. The van der Waals surface area contributed by atoms with E-state index in [2.05, 4.69) is 11.7 Å². The van der Waals surface area contributed by atoms with Gasteiger partial charge in [0.25, 0.3) is 5.69 Å². The first kappa shape index (κ1) is 15.4. The van der Waals surface area contributed by atoms with E-state index >= 15 is 0 Å². The molecule has 2 amide bonds. The van der Waals surface area contributed by atoms with Crippen LogP contribution in [0.5, 0.6) is 0 Å². The van der Waals surface area contributed by atoms with Crippen molar-refractivity contribution in [3.8, 4) is 0 Å². The molecule has 8 nitrogen and oxygen atoms in total. The summed E-state index contributed by atoms with van der Waals surface area (Å²) in [5, 5.41) is 15.2. The molecular formula is C13H10N4O4S. The number of nitro groups is 1. The number of non-ortho nitro benzene ring substituents is 1. The molecule has 0 unspecified atom stereocenters. The fraction of sp³-hybridized carbons (Fsp3) is 0.0769. The number of carbonyl (C=O) groups excluding carboxylic acids is 2. The summed E-state index contributed by atoms with van der Waals surface area (Å²) in [6.07, 6.45) is 2.66. The van der Waals surface area contributed by atoms with Crippen molar-refractivity contribution in [1.29, 1.82) is 0 Å². The first-order valence-corrected chi connectivity index (χ1v) is 6.45. The topological polar surface area (TPSA) is 96.1 Å². The van der Waals surface area contributed by atoms with Crippen molar-refractivity contribution in [2.75, 3.05) is 6.54 Å². The van der Waals surface area contributed by atoms with Gasteiger partial charge in [0.1, 0.15) is 0 Å². The van der Waals surface area contributed by atoms with Gasteiger partial charge in [0.2, 0.25) is 5.11 Å². The molecule has 112 valence electrons. The quantitative estimate of drug-likeness (QED) is 0.202. The van der Waals surface area contributed by atoms with Gasteiger partial charge in [-0.05, 0) is 12.2 Å². The van der Waals surface area contributed by atoms with Crippen LogP contribution >= 0.6 is 12.2 Å². The minimum absolute atomic E-state index is 0.0587. The van der Waals surface area contributed by atoms with E-state index in [0.717, 1.165) is 9.91 Å². The van der Waals surface area contributed by atoms with Crippen molar-refractivity contribution >= 4 is 41.0 Å². The number of carbonyl (C=O) groups is 2. The van der Waals surface area contributed by atoms with Crippen LogP contribution in [-0.4, -0.2) is 44.5 Å². The molecular weight excluding hydrogens is 308 g/mol. The third kappa shape index (κ3) is 2.88. The molecule has 1 saturated heterocycles. The van der Waals surface area contributed by atoms with E-state index in [1.165, 1.54) is 30.5 Å². The number of thiocarbonyl (C=S) groups is 1. The predicted molar refractivity (Wildman–Crippen MR) is 82.0 cm³/mol. The summed E-state index contributed by atoms with van der Waals surface area (Å²) in [6, 6.07) is 5.68. The molecule has 2 rings (SSSR count). The molecule has 1 aliphatic rings. The molecule has 0 aliphatic carbocycles. The first-order valence-electron chi connectivity index (χ1n) is 6.05. The van der Waals surface area contributed by atoms with Gasteiger partial charge in [-0.3, -0.25) is 24.6 Å². The van der Waals surface area contributed by atoms with Gasteiger partial charge in [0.15, 0.2) is 0 Å². The zero-order valence-electron chi connectivity index (χ0n) is 11.2. The van der Waals surface area contributed by atoms with E-state index in [0.29, 0.717) is 5.56 Å². The van der Waals surface area contributed by atoms with E-state index in [1.807, 2.05) is 0 Å². The second-order valence-corrected chi connectivity index (χ2v) is 4.57. The molecule has 0 radical (unpaired) electrons. The van der Waals surface area contributed by atoms with Crippen LogP contribution in [0, 0.1) is 10.1 Å². The molecule has 1 aliphatic heterocycles. The van der Waals surface area contributed by atoms with Crippen LogP contribution in [0.3, 0.4) is 0 Å². The van der Waals surface area contributed by atoms with Gasteiger partial charge < -0.3 is 0 Å². The van der Waals surface area contributed by atoms with Gasteiger partial charge >= 0.3 is 11.8 Å². The lowest BCUT2D eigenvalue weighted by atomic mass is 10.2. The van der Waals surface area contributed by atoms with E-state index in [1.54, 1.807) is 6.07 Å². The Morgan fingerprint density at radius 1 is 1.36 bits per heavy atom. The van der Waals surface area contributed by atoms with Crippen LogP contribution in [0.15, 0.2) is 42.0 Å². The molecule has 0 atom stereocenters. The Hall–Kier alpha value is -2.94. The summed E-state index contributed by atoms with van der Waals surface area (Å²) in [5.74, 6) is -1.67.